The van der Waals surface area contributed by atoms with Gasteiger partial charge in [0.05, 0.1) is 29.4 Å². The molecule has 0 spiro atoms. The van der Waals surface area contributed by atoms with E-state index in [1.165, 1.54) is 18.0 Å². The molecule has 8 nitrogen and oxygen atoms in total. The van der Waals surface area contributed by atoms with Crippen LogP contribution in [0.2, 0.25) is 0 Å². The Labute approximate surface area is 193 Å². The number of anilines is 2. The molecule has 0 saturated carbocycles. The second kappa shape index (κ2) is 9.25. The summed E-state index contributed by atoms with van der Waals surface area (Å²) in [6.45, 7) is 3.41. The highest BCUT2D eigenvalue weighted by molar-refractivity contribution is 7.20. The number of ether oxygens (including phenoxy) is 1. The molecule has 0 aliphatic heterocycles. The van der Waals surface area contributed by atoms with Gasteiger partial charge >= 0.3 is 0 Å². The maximum atomic E-state index is 13.1. The first-order chi connectivity index (χ1) is 15.9. The van der Waals surface area contributed by atoms with Crippen LogP contribution in [0.15, 0.2) is 59.7 Å². The van der Waals surface area contributed by atoms with E-state index in [4.69, 9.17) is 4.74 Å². The third-order valence-corrected chi connectivity index (χ3v) is 6.41. The number of benzene rings is 2. The van der Waals surface area contributed by atoms with Crippen LogP contribution in [0.25, 0.3) is 10.2 Å². The number of nitrogens with zero attached hydrogens (tertiary/aromatic N) is 2. The topological polar surface area (TPSA) is 102 Å². The van der Waals surface area contributed by atoms with Crippen LogP contribution in [0.5, 0.6) is 5.75 Å². The predicted octanol–water partition coefficient (Wildman–Crippen LogP) is 3.97. The van der Waals surface area contributed by atoms with Gasteiger partial charge in [0.15, 0.2) is 0 Å². The summed E-state index contributed by atoms with van der Waals surface area (Å²) in [7, 11) is 1.53. The van der Waals surface area contributed by atoms with Crippen LogP contribution < -0.4 is 20.9 Å². The van der Waals surface area contributed by atoms with E-state index < -0.39 is 0 Å². The fraction of sp³-hybridized carbons (Fsp3) is 0.167. The Morgan fingerprint density at radius 2 is 1.73 bits per heavy atom. The second-order valence-electron chi connectivity index (χ2n) is 7.43. The summed E-state index contributed by atoms with van der Waals surface area (Å²) in [6, 6.07) is 14.5. The molecule has 2 aromatic heterocycles. The van der Waals surface area contributed by atoms with Crippen molar-refractivity contribution < 1.29 is 14.3 Å². The summed E-state index contributed by atoms with van der Waals surface area (Å²) >= 11 is 1.13. The molecular formula is C24H22N4O4S. The number of nitrogens with one attached hydrogen (secondary N) is 2. The number of thiophene rings is 1. The fourth-order valence-electron chi connectivity index (χ4n) is 3.47. The van der Waals surface area contributed by atoms with Gasteiger partial charge in [-0.15, -0.1) is 11.3 Å². The molecule has 0 fully saturated rings. The zero-order valence-electron chi connectivity index (χ0n) is 18.3. The van der Waals surface area contributed by atoms with Crippen molar-refractivity contribution in [2.24, 2.45) is 0 Å². The van der Waals surface area contributed by atoms with Gasteiger partial charge in [0, 0.05) is 5.69 Å². The summed E-state index contributed by atoms with van der Waals surface area (Å²) in [5.41, 5.74) is 2.29. The van der Waals surface area contributed by atoms with Gasteiger partial charge in [-0.05, 0) is 43.2 Å². The van der Waals surface area contributed by atoms with E-state index in [1.807, 2.05) is 25.1 Å². The first-order valence-electron chi connectivity index (χ1n) is 10.2. The normalized spacial score (nSPS) is 10.8. The standard InChI is InChI=1S/C24H22N4O4S/c1-14-8-4-5-9-16(14)26-19(29)12-28-13-25-23-20(24(28)31)15(2)21(33-23)22(30)27-17-10-6-7-11-18(17)32-3/h4-11,13H,12H2,1-3H3,(H,26,29)(H,27,30). The Balaban J connectivity index is 1.60. The summed E-state index contributed by atoms with van der Waals surface area (Å²) in [5, 5.41) is 5.96. The number of amides is 2. The molecule has 33 heavy (non-hydrogen) atoms. The lowest BCUT2D eigenvalue weighted by molar-refractivity contribution is -0.116. The minimum atomic E-state index is -0.370. The Morgan fingerprint density at radius 3 is 2.45 bits per heavy atom. The van der Waals surface area contributed by atoms with E-state index in [9.17, 15) is 14.4 Å². The molecule has 0 atom stereocenters. The van der Waals surface area contributed by atoms with Crippen molar-refractivity contribution in [1.29, 1.82) is 0 Å². The zero-order chi connectivity index (χ0) is 23.5. The Bertz CT molecular complexity index is 1420. The molecule has 2 N–H and O–H groups in total. The van der Waals surface area contributed by atoms with Crippen LogP contribution in [0.1, 0.15) is 20.8 Å². The quantitative estimate of drug-likeness (QED) is 0.451. The van der Waals surface area contributed by atoms with Crippen molar-refractivity contribution in [3.05, 3.63) is 81.2 Å². The summed E-state index contributed by atoms with van der Waals surface area (Å²) in [6.07, 6.45) is 1.33. The van der Waals surface area contributed by atoms with Crippen molar-refractivity contribution in [2.45, 2.75) is 20.4 Å². The van der Waals surface area contributed by atoms with Gasteiger partial charge in [0.25, 0.3) is 11.5 Å². The van der Waals surface area contributed by atoms with Gasteiger partial charge < -0.3 is 15.4 Å². The van der Waals surface area contributed by atoms with Gasteiger partial charge in [-0.25, -0.2) is 4.98 Å². The van der Waals surface area contributed by atoms with Crippen molar-refractivity contribution in [2.75, 3.05) is 17.7 Å². The van der Waals surface area contributed by atoms with Gasteiger partial charge in [-0.2, -0.15) is 0 Å². The lowest BCUT2D eigenvalue weighted by atomic mass is 10.2. The monoisotopic (exact) mass is 462 g/mol. The number of hydrogen-bond acceptors (Lipinski definition) is 6. The molecule has 2 heterocycles. The third-order valence-electron chi connectivity index (χ3n) is 5.21. The first-order valence-corrected chi connectivity index (χ1v) is 11.0. The number of aryl methyl sites for hydroxylation is 2. The van der Waals surface area contributed by atoms with Crippen molar-refractivity contribution in [3.63, 3.8) is 0 Å². The smallest absolute Gasteiger partial charge is 0.266 e. The van der Waals surface area contributed by atoms with Gasteiger partial charge in [0.2, 0.25) is 5.91 Å². The molecular weight excluding hydrogens is 440 g/mol. The van der Waals surface area contributed by atoms with Crippen LogP contribution in [0.4, 0.5) is 11.4 Å². The molecule has 0 bridgehead atoms. The fourth-order valence-corrected chi connectivity index (χ4v) is 4.51. The van der Waals surface area contributed by atoms with Gasteiger partial charge in [-0.3, -0.25) is 19.0 Å². The maximum absolute atomic E-state index is 13.1. The highest BCUT2D eigenvalue weighted by Gasteiger charge is 2.21. The molecule has 9 heteroatoms. The number of aromatic nitrogens is 2. The number of carbonyl (C=O) groups is 2. The number of carbonyl (C=O) groups excluding carboxylic acids is 2. The Kier molecular flexibility index (Phi) is 6.23. The molecule has 4 aromatic rings. The van der Waals surface area contributed by atoms with Gasteiger partial charge in [-0.1, -0.05) is 30.3 Å². The number of rotatable bonds is 6. The van der Waals surface area contributed by atoms with E-state index >= 15 is 0 Å². The van der Waals surface area contributed by atoms with Crippen LogP contribution in [-0.4, -0.2) is 28.5 Å². The third kappa shape index (κ3) is 4.49. The predicted molar refractivity (Wildman–Crippen MR) is 129 cm³/mol. The average Bonchev–Trinajstić information content (AvgIpc) is 3.15. The van der Waals surface area contributed by atoms with E-state index in [1.54, 1.807) is 37.3 Å². The molecule has 2 amide bonds. The molecule has 4 rings (SSSR count). The minimum absolute atomic E-state index is 0.186. The van der Waals surface area contributed by atoms with Crippen LogP contribution >= 0.6 is 11.3 Å². The van der Waals surface area contributed by atoms with Crippen molar-refractivity contribution >= 4 is 44.7 Å². The van der Waals surface area contributed by atoms with E-state index in [0.29, 0.717) is 37.8 Å². The van der Waals surface area contributed by atoms with Gasteiger partial charge in [0.1, 0.15) is 17.1 Å². The van der Waals surface area contributed by atoms with E-state index in [2.05, 4.69) is 15.6 Å². The number of para-hydroxylation sites is 3. The van der Waals surface area contributed by atoms with Crippen LogP contribution in [0, 0.1) is 13.8 Å². The number of hydrogen-bond donors (Lipinski definition) is 2. The Morgan fingerprint density at radius 1 is 1.03 bits per heavy atom. The second-order valence-corrected chi connectivity index (χ2v) is 8.43. The molecule has 0 aliphatic rings. The molecule has 2 aromatic carbocycles. The van der Waals surface area contributed by atoms with E-state index in [0.717, 1.165) is 16.9 Å². The maximum Gasteiger partial charge on any atom is 0.266 e. The average molecular weight is 463 g/mol. The molecule has 0 radical (unpaired) electrons. The van der Waals surface area contributed by atoms with Crippen molar-refractivity contribution in [3.8, 4) is 5.75 Å². The summed E-state index contributed by atoms with van der Waals surface area (Å²) in [5.74, 6) is -0.164. The van der Waals surface area contributed by atoms with E-state index in [-0.39, 0.29) is 23.9 Å². The SMILES string of the molecule is COc1ccccc1NC(=O)c1sc2ncn(CC(=O)Nc3ccccc3C)c(=O)c2c1C. The Hall–Kier alpha value is -3.98. The largest absolute Gasteiger partial charge is 0.495 e. The lowest BCUT2D eigenvalue weighted by Gasteiger charge is -2.09. The molecule has 0 unspecified atom stereocenters. The van der Waals surface area contributed by atoms with Crippen molar-refractivity contribution in [1.82, 2.24) is 9.55 Å². The summed E-state index contributed by atoms with van der Waals surface area (Å²) in [4.78, 5) is 43.7. The van der Waals surface area contributed by atoms with Crippen LogP contribution in [-0.2, 0) is 11.3 Å². The zero-order valence-corrected chi connectivity index (χ0v) is 19.2. The summed E-state index contributed by atoms with van der Waals surface area (Å²) < 4.78 is 6.53. The van der Waals surface area contributed by atoms with Crippen LogP contribution in [0.3, 0.4) is 0 Å². The lowest BCUT2D eigenvalue weighted by Crippen LogP contribution is -2.28. The highest BCUT2D eigenvalue weighted by Crippen LogP contribution is 2.29. The molecule has 0 aliphatic carbocycles. The number of fused-ring (bicyclic) bond motifs is 1. The molecule has 0 saturated heterocycles. The highest BCUT2D eigenvalue weighted by atomic mass is 32.1. The molecule has 168 valence electrons. The first kappa shape index (κ1) is 22.2. The minimum Gasteiger partial charge on any atom is -0.495 e. The number of methoxy groups -OCH3 is 1.